The lowest BCUT2D eigenvalue weighted by Gasteiger charge is -1.88. The average molecular weight is 209 g/mol. The Kier molecular flexibility index (Phi) is 3.39. The number of allylic oxidation sites excluding steroid dienone is 7. The number of nitrogens with one attached hydrogen (secondary N) is 1. The average Bonchev–Trinajstić information content (AvgIpc) is 2.95. The van der Waals surface area contributed by atoms with Gasteiger partial charge in [0.15, 0.2) is 0 Å². The summed E-state index contributed by atoms with van der Waals surface area (Å²) in [5.74, 6) is 0. The predicted octanol–water partition coefficient (Wildman–Crippen LogP) is 4.11. The van der Waals surface area contributed by atoms with Crippen molar-refractivity contribution < 1.29 is 0 Å². The molecule has 1 nitrogen and oxygen atoms in total. The molecule has 0 atom stereocenters. The van der Waals surface area contributed by atoms with Gasteiger partial charge in [-0.15, -0.1) is 0 Å². The van der Waals surface area contributed by atoms with Crippen LogP contribution in [0, 0.1) is 0 Å². The fourth-order valence-electron chi connectivity index (χ4n) is 1.57. The van der Waals surface area contributed by atoms with Crippen molar-refractivity contribution in [3.05, 3.63) is 72.1 Å². The maximum Gasteiger partial charge on any atom is 0.0384 e. The summed E-state index contributed by atoms with van der Waals surface area (Å²) in [6.07, 6.45) is 17.5. The van der Waals surface area contributed by atoms with Gasteiger partial charge in [-0.05, 0) is 36.3 Å². The zero-order valence-electron chi connectivity index (χ0n) is 9.19. The van der Waals surface area contributed by atoms with E-state index in [1.807, 2.05) is 30.4 Å². The van der Waals surface area contributed by atoms with E-state index in [0.717, 1.165) is 17.8 Å². The van der Waals surface area contributed by atoms with Gasteiger partial charge in [0.05, 0.1) is 0 Å². The third-order valence-electron chi connectivity index (χ3n) is 2.45. The summed E-state index contributed by atoms with van der Waals surface area (Å²) < 4.78 is 0. The van der Waals surface area contributed by atoms with Crippen LogP contribution < -0.4 is 0 Å². The topological polar surface area (TPSA) is 15.8 Å². The maximum atomic E-state index is 3.71. The van der Waals surface area contributed by atoms with Crippen LogP contribution in [0.2, 0.25) is 0 Å². The number of aromatic amines is 1. The van der Waals surface area contributed by atoms with Gasteiger partial charge in [-0.2, -0.15) is 0 Å². The molecule has 0 amide bonds. The first-order valence-corrected chi connectivity index (χ1v) is 5.40. The molecule has 80 valence electrons. The molecule has 0 saturated carbocycles. The second kappa shape index (κ2) is 5.17. The third-order valence-corrected chi connectivity index (χ3v) is 2.45. The van der Waals surface area contributed by atoms with Crippen molar-refractivity contribution in [2.45, 2.75) is 6.42 Å². The van der Waals surface area contributed by atoms with Gasteiger partial charge in [0.25, 0.3) is 0 Å². The van der Waals surface area contributed by atoms with E-state index >= 15 is 0 Å². The first kappa shape index (κ1) is 10.5. The standard InChI is InChI=1S/C15H15N/c1-2-14-11-12-15(16-14)10-6-5-9-13-7-3-4-8-13/h2-7,9-12,16H,1,8H2/b9-5+,10-6+. The van der Waals surface area contributed by atoms with Crippen LogP contribution in [-0.2, 0) is 0 Å². The Bertz CT molecular complexity index is 481. The van der Waals surface area contributed by atoms with E-state index in [-0.39, 0.29) is 0 Å². The normalized spacial score (nSPS) is 15.1. The van der Waals surface area contributed by atoms with E-state index in [0.29, 0.717) is 0 Å². The molecule has 0 spiro atoms. The van der Waals surface area contributed by atoms with Crippen molar-refractivity contribution in [1.29, 1.82) is 0 Å². The summed E-state index contributed by atoms with van der Waals surface area (Å²) in [7, 11) is 0. The van der Waals surface area contributed by atoms with Crippen LogP contribution in [0.1, 0.15) is 17.8 Å². The Morgan fingerprint density at radius 2 is 1.94 bits per heavy atom. The van der Waals surface area contributed by atoms with E-state index in [2.05, 4.69) is 41.9 Å². The molecule has 1 heteroatoms. The van der Waals surface area contributed by atoms with Gasteiger partial charge >= 0.3 is 0 Å². The molecule has 0 bridgehead atoms. The summed E-state index contributed by atoms with van der Waals surface area (Å²) >= 11 is 0. The Morgan fingerprint density at radius 3 is 2.62 bits per heavy atom. The lowest BCUT2D eigenvalue weighted by atomic mass is 10.2. The maximum absolute atomic E-state index is 3.71. The molecule has 0 saturated heterocycles. The van der Waals surface area contributed by atoms with Gasteiger partial charge in [-0.25, -0.2) is 0 Å². The lowest BCUT2D eigenvalue weighted by Crippen LogP contribution is -1.71. The highest BCUT2D eigenvalue weighted by molar-refractivity contribution is 5.53. The molecule has 0 aliphatic heterocycles. The van der Waals surface area contributed by atoms with Crippen molar-refractivity contribution in [2.75, 3.05) is 0 Å². The molecule has 1 aromatic rings. The highest BCUT2D eigenvalue weighted by atomic mass is 14.7. The lowest BCUT2D eigenvalue weighted by molar-refractivity contribution is 1.33. The molecule has 1 aliphatic carbocycles. The van der Waals surface area contributed by atoms with Crippen molar-refractivity contribution >= 4 is 12.2 Å². The number of rotatable bonds is 4. The number of H-pyrrole nitrogens is 1. The Balaban J connectivity index is 1.91. The van der Waals surface area contributed by atoms with Crippen LogP contribution in [0.25, 0.3) is 12.2 Å². The van der Waals surface area contributed by atoms with Crippen molar-refractivity contribution in [3.63, 3.8) is 0 Å². The summed E-state index contributed by atoms with van der Waals surface area (Å²) in [4.78, 5) is 3.23. The van der Waals surface area contributed by atoms with Crippen LogP contribution in [0.4, 0.5) is 0 Å². The minimum Gasteiger partial charge on any atom is -0.356 e. The fraction of sp³-hybridized carbons (Fsp3) is 0.0667. The molecule has 0 radical (unpaired) electrons. The summed E-state index contributed by atoms with van der Waals surface area (Å²) in [6.45, 7) is 3.71. The molecule has 1 N–H and O–H groups in total. The predicted molar refractivity (Wildman–Crippen MR) is 70.9 cm³/mol. The van der Waals surface area contributed by atoms with Crippen LogP contribution in [0.15, 0.2) is 60.7 Å². The highest BCUT2D eigenvalue weighted by Gasteiger charge is 1.92. The minimum absolute atomic E-state index is 1.05. The van der Waals surface area contributed by atoms with E-state index < -0.39 is 0 Å². The Morgan fingerprint density at radius 1 is 1.12 bits per heavy atom. The molecule has 16 heavy (non-hydrogen) atoms. The van der Waals surface area contributed by atoms with Crippen molar-refractivity contribution in [3.8, 4) is 0 Å². The molecule has 2 rings (SSSR count). The Hall–Kier alpha value is -2.02. The number of hydrogen-bond donors (Lipinski definition) is 1. The van der Waals surface area contributed by atoms with E-state index in [4.69, 9.17) is 0 Å². The SMILES string of the molecule is C=Cc1ccc(/C=C/C=C/C2=CC=CC2)[nH]1. The van der Waals surface area contributed by atoms with Crippen LogP contribution in [0.5, 0.6) is 0 Å². The van der Waals surface area contributed by atoms with Crippen LogP contribution in [-0.4, -0.2) is 4.98 Å². The fourth-order valence-corrected chi connectivity index (χ4v) is 1.57. The molecule has 1 aromatic heterocycles. The zero-order chi connectivity index (χ0) is 11.2. The number of aromatic nitrogens is 1. The largest absolute Gasteiger partial charge is 0.356 e. The van der Waals surface area contributed by atoms with Gasteiger partial charge in [0.2, 0.25) is 0 Å². The molecule has 1 heterocycles. The van der Waals surface area contributed by atoms with Crippen molar-refractivity contribution in [2.24, 2.45) is 0 Å². The molecule has 1 aliphatic rings. The number of hydrogen-bond acceptors (Lipinski definition) is 0. The molecular weight excluding hydrogens is 194 g/mol. The van der Waals surface area contributed by atoms with E-state index in [9.17, 15) is 0 Å². The molecule has 0 aromatic carbocycles. The Labute approximate surface area is 96.2 Å². The van der Waals surface area contributed by atoms with Gasteiger partial charge in [-0.1, -0.05) is 43.0 Å². The van der Waals surface area contributed by atoms with Gasteiger partial charge < -0.3 is 4.98 Å². The summed E-state index contributed by atoms with van der Waals surface area (Å²) in [6, 6.07) is 4.05. The molecule has 0 fully saturated rings. The molecule has 0 unspecified atom stereocenters. The van der Waals surface area contributed by atoms with Gasteiger partial charge in [0, 0.05) is 11.4 Å². The van der Waals surface area contributed by atoms with Crippen molar-refractivity contribution in [1.82, 2.24) is 4.98 Å². The second-order valence-electron chi connectivity index (χ2n) is 3.67. The first-order valence-electron chi connectivity index (χ1n) is 5.40. The van der Waals surface area contributed by atoms with Gasteiger partial charge in [0.1, 0.15) is 0 Å². The smallest absolute Gasteiger partial charge is 0.0384 e. The minimum atomic E-state index is 1.05. The van der Waals surface area contributed by atoms with Crippen LogP contribution >= 0.6 is 0 Å². The zero-order valence-corrected chi connectivity index (χ0v) is 9.19. The molecular formula is C15H15N. The van der Waals surface area contributed by atoms with E-state index in [1.165, 1.54) is 5.57 Å². The van der Waals surface area contributed by atoms with Crippen LogP contribution in [0.3, 0.4) is 0 Å². The quantitative estimate of drug-likeness (QED) is 0.718. The second-order valence-corrected chi connectivity index (χ2v) is 3.67. The summed E-state index contributed by atoms with van der Waals surface area (Å²) in [5, 5.41) is 0. The monoisotopic (exact) mass is 209 g/mol. The highest BCUT2D eigenvalue weighted by Crippen LogP contribution is 2.11. The first-order chi connectivity index (χ1) is 7.88. The van der Waals surface area contributed by atoms with E-state index in [1.54, 1.807) is 0 Å². The summed E-state index contributed by atoms with van der Waals surface area (Å²) in [5.41, 5.74) is 3.49. The van der Waals surface area contributed by atoms with Gasteiger partial charge in [-0.3, -0.25) is 0 Å². The third kappa shape index (κ3) is 2.74.